The smallest absolute Gasteiger partial charge is 0.300 e. The first-order chi connectivity index (χ1) is 7.36. The summed E-state index contributed by atoms with van der Waals surface area (Å²) in [6.45, 7) is 0. The van der Waals surface area contributed by atoms with E-state index in [1.165, 1.54) is 0 Å². The Morgan fingerprint density at radius 3 is 2.56 bits per heavy atom. The second-order valence-corrected chi connectivity index (χ2v) is 2.93. The first-order valence-electron chi connectivity index (χ1n) is 3.70. The fourth-order valence-electron chi connectivity index (χ4n) is 1.01. The number of nitrogens with zero attached hydrogens (tertiary/aromatic N) is 2. The Bertz CT molecular complexity index is 466. The van der Waals surface area contributed by atoms with Gasteiger partial charge < -0.3 is 5.11 Å². The number of aromatic hydroxyl groups is 1. The maximum Gasteiger partial charge on any atom is 0.300 e. The van der Waals surface area contributed by atoms with Crippen molar-refractivity contribution in [3.05, 3.63) is 27.6 Å². The highest BCUT2D eigenvalue weighted by Crippen LogP contribution is 2.37. The number of hydrogen-bond acceptors (Lipinski definition) is 5. The Morgan fingerprint density at radius 2 is 2.19 bits per heavy atom. The molecule has 0 saturated carbocycles. The molecule has 0 atom stereocenters. The number of carbonyl (C=O) groups is 1. The Morgan fingerprint density at radius 1 is 1.62 bits per heavy atom. The van der Waals surface area contributed by atoms with E-state index in [9.17, 15) is 28.8 Å². The van der Waals surface area contributed by atoms with E-state index in [1.54, 1.807) is 0 Å². The summed E-state index contributed by atoms with van der Waals surface area (Å²) in [5.41, 5.74) is -3.19. The van der Waals surface area contributed by atoms with E-state index in [2.05, 4.69) is 4.98 Å². The van der Waals surface area contributed by atoms with Gasteiger partial charge in [0.15, 0.2) is 11.4 Å². The lowest BCUT2D eigenvalue weighted by Gasteiger charge is -2.05. The number of hydrogen-bond donors (Lipinski definition) is 1. The zero-order valence-electron chi connectivity index (χ0n) is 7.35. The molecule has 1 aromatic rings. The van der Waals surface area contributed by atoms with Gasteiger partial charge in [-0.25, -0.2) is 13.8 Å². The van der Waals surface area contributed by atoms with Gasteiger partial charge in [-0.05, 0) is 11.6 Å². The maximum atomic E-state index is 12.4. The van der Waals surface area contributed by atoms with E-state index in [4.69, 9.17) is 11.6 Å². The molecule has 1 heterocycles. The van der Waals surface area contributed by atoms with Crippen LogP contribution in [0.3, 0.4) is 0 Å². The van der Waals surface area contributed by atoms with Crippen molar-refractivity contribution in [1.82, 2.24) is 4.98 Å². The van der Waals surface area contributed by atoms with E-state index in [-0.39, 0.29) is 0 Å². The van der Waals surface area contributed by atoms with Gasteiger partial charge in [0.1, 0.15) is 11.8 Å². The van der Waals surface area contributed by atoms with Gasteiger partial charge in [-0.2, -0.15) is 0 Å². The van der Waals surface area contributed by atoms with Crippen LogP contribution in [-0.2, 0) is 0 Å². The molecule has 16 heavy (non-hydrogen) atoms. The quantitative estimate of drug-likeness (QED) is 0.504. The molecular weight excluding hydrogens is 250 g/mol. The summed E-state index contributed by atoms with van der Waals surface area (Å²) in [5, 5.41) is 18.3. The average molecular weight is 253 g/mol. The fraction of sp³-hybridized carbons (Fsp3) is 0.143. The zero-order valence-corrected chi connectivity index (χ0v) is 8.11. The second kappa shape index (κ2) is 4.35. The van der Waals surface area contributed by atoms with Crippen LogP contribution in [0.1, 0.15) is 22.5 Å². The molecule has 0 bridgehead atoms. The monoisotopic (exact) mass is 252 g/mol. The molecule has 0 aromatic carbocycles. The van der Waals surface area contributed by atoms with Gasteiger partial charge in [0.2, 0.25) is 0 Å². The number of pyridine rings is 1. The highest BCUT2D eigenvalue weighted by atomic mass is 35.5. The van der Waals surface area contributed by atoms with Crippen LogP contribution in [0.2, 0.25) is 0 Å². The molecule has 86 valence electrons. The third-order valence-corrected chi connectivity index (χ3v) is 1.85. The highest BCUT2D eigenvalue weighted by Gasteiger charge is 2.30. The van der Waals surface area contributed by atoms with Crippen molar-refractivity contribution in [1.29, 1.82) is 0 Å². The number of aromatic nitrogens is 1. The van der Waals surface area contributed by atoms with E-state index in [0.717, 1.165) is 0 Å². The van der Waals surface area contributed by atoms with Crippen molar-refractivity contribution in [3.8, 4) is 5.75 Å². The number of nitro groups is 1. The van der Waals surface area contributed by atoms with Crippen molar-refractivity contribution in [2.75, 3.05) is 0 Å². The van der Waals surface area contributed by atoms with Gasteiger partial charge in [-0.1, -0.05) is 0 Å². The van der Waals surface area contributed by atoms with Crippen LogP contribution in [0, 0.1) is 10.1 Å². The molecule has 6 nitrogen and oxygen atoms in total. The van der Waals surface area contributed by atoms with Crippen molar-refractivity contribution < 1.29 is 23.6 Å². The summed E-state index contributed by atoms with van der Waals surface area (Å²) >= 11 is 4.94. The minimum atomic E-state index is -3.32. The zero-order chi connectivity index (χ0) is 12.5. The van der Waals surface area contributed by atoms with Crippen LogP contribution >= 0.6 is 11.6 Å². The first-order valence-corrected chi connectivity index (χ1v) is 4.08. The van der Waals surface area contributed by atoms with Crippen LogP contribution in [0.4, 0.5) is 14.5 Å². The van der Waals surface area contributed by atoms with Gasteiger partial charge >= 0.3 is 0 Å². The predicted octanol–water partition coefficient (Wildman–Crippen LogP) is 2.01. The van der Waals surface area contributed by atoms with Crippen LogP contribution in [0.5, 0.6) is 5.75 Å². The summed E-state index contributed by atoms with van der Waals surface area (Å²) in [7, 11) is 0. The molecule has 0 unspecified atom stereocenters. The lowest BCUT2D eigenvalue weighted by Crippen LogP contribution is -2.03. The minimum Gasteiger partial charge on any atom is -0.505 e. The highest BCUT2D eigenvalue weighted by molar-refractivity contribution is 6.67. The van der Waals surface area contributed by atoms with Gasteiger partial charge in [0.05, 0.1) is 4.92 Å². The molecular formula is C7H3ClF2N2O4. The van der Waals surface area contributed by atoms with Crippen LogP contribution in [0.15, 0.2) is 6.20 Å². The number of rotatable bonds is 3. The Kier molecular flexibility index (Phi) is 3.33. The predicted molar refractivity (Wildman–Crippen MR) is 47.7 cm³/mol. The molecule has 0 fully saturated rings. The topological polar surface area (TPSA) is 93.3 Å². The Balaban J connectivity index is 3.54. The SMILES string of the molecule is O=C(Cl)c1ncc([N+](=O)[O-])c(C(F)F)c1O. The van der Waals surface area contributed by atoms with Gasteiger partial charge in [0, 0.05) is 0 Å². The third kappa shape index (κ3) is 2.06. The number of carbonyl (C=O) groups excluding carboxylic acids is 1. The third-order valence-electron chi connectivity index (χ3n) is 1.67. The molecule has 0 aliphatic rings. The van der Waals surface area contributed by atoms with Crippen molar-refractivity contribution in [2.45, 2.75) is 6.43 Å². The lowest BCUT2D eigenvalue weighted by molar-refractivity contribution is -0.386. The summed E-state index contributed by atoms with van der Waals surface area (Å²) in [5.74, 6) is -1.27. The average Bonchev–Trinajstić information content (AvgIpc) is 2.15. The molecule has 1 aromatic heterocycles. The molecule has 0 spiro atoms. The van der Waals surface area contributed by atoms with E-state index in [0.29, 0.717) is 6.20 Å². The Hall–Kier alpha value is -1.83. The van der Waals surface area contributed by atoms with E-state index in [1.807, 2.05) is 0 Å². The molecule has 0 saturated heterocycles. The minimum absolute atomic E-state index is 0.441. The first kappa shape index (κ1) is 12.2. The van der Waals surface area contributed by atoms with Gasteiger partial charge in [0.25, 0.3) is 17.4 Å². The van der Waals surface area contributed by atoms with Crippen LogP contribution < -0.4 is 0 Å². The summed E-state index contributed by atoms with van der Waals surface area (Å²) < 4.78 is 24.9. The van der Waals surface area contributed by atoms with Crippen molar-refractivity contribution >= 4 is 22.5 Å². The van der Waals surface area contributed by atoms with Crippen LogP contribution in [-0.4, -0.2) is 20.3 Å². The maximum absolute atomic E-state index is 12.4. The van der Waals surface area contributed by atoms with E-state index >= 15 is 0 Å². The molecule has 9 heteroatoms. The number of halogens is 3. The normalized spacial score (nSPS) is 10.5. The molecule has 1 rings (SSSR count). The fourth-order valence-corrected chi connectivity index (χ4v) is 1.15. The van der Waals surface area contributed by atoms with Gasteiger partial charge in [-0.15, -0.1) is 0 Å². The Labute approximate surface area is 91.6 Å². The molecule has 0 radical (unpaired) electrons. The largest absolute Gasteiger partial charge is 0.505 e. The van der Waals surface area contributed by atoms with E-state index < -0.39 is 39.3 Å². The molecule has 1 N–H and O–H groups in total. The second-order valence-electron chi connectivity index (χ2n) is 2.59. The van der Waals surface area contributed by atoms with Crippen LogP contribution in [0.25, 0.3) is 0 Å². The van der Waals surface area contributed by atoms with Crippen molar-refractivity contribution in [3.63, 3.8) is 0 Å². The number of alkyl halides is 2. The summed E-state index contributed by atoms with van der Waals surface area (Å²) in [6, 6.07) is 0. The summed E-state index contributed by atoms with van der Waals surface area (Å²) in [6.07, 6.45) is -2.88. The lowest BCUT2D eigenvalue weighted by atomic mass is 10.2. The van der Waals surface area contributed by atoms with Gasteiger partial charge in [-0.3, -0.25) is 14.9 Å². The standard InChI is InChI=1S/C7H3ClF2N2O4/c8-6(14)4-5(13)3(7(9)10)2(1-11-4)12(15)16/h1,7,13H. The molecule has 0 amide bonds. The molecule has 0 aliphatic carbocycles. The van der Waals surface area contributed by atoms with Crippen molar-refractivity contribution in [2.24, 2.45) is 0 Å². The molecule has 0 aliphatic heterocycles. The summed E-state index contributed by atoms with van der Waals surface area (Å²) in [4.78, 5) is 23.0.